The van der Waals surface area contributed by atoms with Crippen molar-refractivity contribution in [2.45, 2.75) is 13.3 Å². The van der Waals surface area contributed by atoms with Gasteiger partial charge >= 0.3 is 0 Å². The molecule has 14 rings (SSSR count). The van der Waals surface area contributed by atoms with Crippen molar-refractivity contribution in [3.05, 3.63) is 229 Å². The fourth-order valence-corrected chi connectivity index (χ4v) is 11.9. The van der Waals surface area contributed by atoms with Crippen molar-refractivity contribution in [1.82, 2.24) is 4.57 Å². The van der Waals surface area contributed by atoms with Crippen molar-refractivity contribution in [2.24, 2.45) is 15.9 Å². The quantitative estimate of drug-likeness (QED) is 0.170. The lowest BCUT2D eigenvalue weighted by molar-refractivity contribution is 0.667. The highest BCUT2D eigenvalue weighted by atomic mass is 32.1. The van der Waals surface area contributed by atoms with Crippen LogP contribution in [0.4, 0.5) is 0 Å². The first-order valence-corrected chi connectivity index (χ1v) is 24.2. The van der Waals surface area contributed by atoms with Crippen LogP contribution in [0.1, 0.15) is 30.0 Å². The molecule has 0 spiro atoms. The first kappa shape index (κ1) is 38.8. The number of rotatable bonds is 5. The van der Waals surface area contributed by atoms with Crippen molar-refractivity contribution < 1.29 is 4.42 Å². The Hall–Kier alpha value is -8.38. The molecule has 68 heavy (non-hydrogen) atoms. The molecule has 0 saturated heterocycles. The van der Waals surface area contributed by atoms with Crippen molar-refractivity contribution >= 4 is 114 Å². The Balaban J connectivity index is 1.08. The summed E-state index contributed by atoms with van der Waals surface area (Å²) in [5.74, 6) is 0.742. The third kappa shape index (κ3) is 6.06. The van der Waals surface area contributed by atoms with Crippen LogP contribution in [-0.4, -0.2) is 16.1 Å². The van der Waals surface area contributed by atoms with E-state index >= 15 is 0 Å². The maximum absolute atomic E-state index is 7.23. The Bertz CT molecular complexity index is 4300. The summed E-state index contributed by atoms with van der Waals surface area (Å²) in [7, 11) is 0. The molecular formula is C63H41N3OS. The van der Waals surface area contributed by atoms with E-state index in [1.54, 1.807) is 0 Å². The van der Waals surface area contributed by atoms with Gasteiger partial charge in [0, 0.05) is 64.1 Å². The van der Waals surface area contributed by atoms with Gasteiger partial charge in [0.25, 0.3) is 0 Å². The van der Waals surface area contributed by atoms with E-state index in [0.29, 0.717) is 5.84 Å². The van der Waals surface area contributed by atoms with Crippen LogP contribution >= 0.6 is 11.3 Å². The third-order valence-corrected chi connectivity index (χ3v) is 15.2. The summed E-state index contributed by atoms with van der Waals surface area (Å²) >= 11 is 1.84. The zero-order chi connectivity index (χ0) is 44.9. The molecule has 3 aromatic heterocycles. The molecule has 4 heterocycles. The summed E-state index contributed by atoms with van der Waals surface area (Å²) in [4.78, 5) is 11.6. The van der Waals surface area contributed by atoms with Gasteiger partial charge in [0.1, 0.15) is 5.58 Å². The Labute approximate surface area is 396 Å². The molecule has 10 aromatic carbocycles. The van der Waals surface area contributed by atoms with Gasteiger partial charge < -0.3 is 8.98 Å². The van der Waals surface area contributed by atoms with E-state index in [1.807, 2.05) is 11.3 Å². The van der Waals surface area contributed by atoms with Gasteiger partial charge in [0.15, 0.2) is 11.4 Å². The number of nitrogens with zero attached hydrogens (tertiary/aromatic N) is 3. The monoisotopic (exact) mass is 887 g/mol. The predicted octanol–water partition coefficient (Wildman–Crippen LogP) is 17.3. The van der Waals surface area contributed by atoms with Crippen molar-refractivity contribution in [2.75, 3.05) is 0 Å². The molecule has 0 saturated carbocycles. The molecule has 1 aliphatic heterocycles. The smallest absolute Gasteiger partial charge is 0.161 e. The average Bonchev–Trinajstić information content (AvgIpc) is 4.06. The fraction of sp³-hybridized carbons (Fsp3) is 0.0476. The summed E-state index contributed by atoms with van der Waals surface area (Å²) in [6.07, 6.45) is 3.11. The van der Waals surface area contributed by atoms with E-state index in [2.05, 4.69) is 224 Å². The lowest BCUT2D eigenvalue weighted by atomic mass is 9.91. The van der Waals surface area contributed by atoms with Crippen LogP contribution in [0.25, 0.3) is 108 Å². The Morgan fingerprint density at radius 3 is 1.96 bits per heavy atom. The molecule has 0 N–H and O–H groups in total. The van der Waals surface area contributed by atoms with Crippen LogP contribution in [0.3, 0.4) is 0 Å². The Morgan fingerprint density at radius 2 is 1.12 bits per heavy atom. The lowest BCUT2D eigenvalue weighted by Gasteiger charge is -2.21. The first-order chi connectivity index (χ1) is 33.6. The van der Waals surface area contributed by atoms with Crippen molar-refractivity contribution in [3.8, 4) is 16.8 Å². The van der Waals surface area contributed by atoms with Gasteiger partial charge in [-0.1, -0.05) is 177 Å². The predicted molar refractivity (Wildman–Crippen MR) is 289 cm³/mol. The summed E-state index contributed by atoms with van der Waals surface area (Å²) in [5.41, 5.74) is 12.3. The van der Waals surface area contributed by atoms with Gasteiger partial charge in [0.2, 0.25) is 0 Å². The number of amidine groups is 1. The van der Waals surface area contributed by atoms with Crippen LogP contribution in [0, 0.1) is 5.92 Å². The molecule has 0 bridgehead atoms. The maximum atomic E-state index is 7.23. The molecule has 1 aliphatic rings. The third-order valence-electron chi connectivity index (χ3n) is 14.0. The second kappa shape index (κ2) is 15.3. The number of allylic oxidation sites excluding steroid dienone is 1. The number of hydrogen-bond acceptors (Lipinski definition) is 4. The number of benzene rings is 10. The molecule has 5 heteroatoms. The number of furan rings is 1. The van der Waals surface area contributed by atoms with Crippen LogP contribution in [0.5, 0.6) is 0 Å². The Kier molecular flexibility index (Phi) is 8.77. The summed E-state index contributed by atoms with van der Waals surface area (Å²) in [5, 5.41) is 11.4. The number of thiophene rings is 1. The maximum Gasteiger partial charge on any atom is 0.161 e. The summed E-state index contributed by atoms with van der Waals surface area (Å²) < 4.78 is 12.2. The van der Waals surface area contributed by atoms with Crippen LogP contribution in [0.15, 0.2) is 227 Å². The van der Waals surface area contributed by atoms with E-state index in [9.17, 15) is 0 Å². The molecule has 1 atom stereocenters. The van der Waals surface area contributed by atoms with E-state index in [4.69, 9.17) is 14.4 Å². The second-order valence-electron chi connectivity index (χ2n) is 18.1. The number of fused-ring (bicyclic) bond motifs is 11. The number of hydrogen-bond donors (Lipinski definition) is 0. The molecule has 13 aromatic rings. The molecule has 0 aliphatic carbocycles. The van der Waals surface area contributed by atoms with Gasteiger partial charge in [-0.25, -0.2) is 9.98 Å². The van der Waals surface area contributed by atoms with E-state index in [0.717, 1.165) is 84.0 Å². The zero-order valence-corrected chi connectivity index (χ0v) is 38.0. The highest BCUT2D eigenvalue weighted by Gasteiger charge is 2.28. The fourth-order valence-electron chi connectivity index (χ4n) is 10.8. The minimum atomic E-state index is 0.0818. The SMILES string of the molecule is CC1C/C=C(c2ccc3sc4ccccc4c3c2)/N=C(c2c3ccccc3c(-n3c4ccccc4c4cc5ccccc5cc43)c3oc4ccccc4c23)\N=C/1c1ccc(-c2ccccc2)cc1. The molecule has 1 unspecified atom stereocenters. The average molecular weight is 888 g/mol. The highest BCUT2D eigenvalue weighted by molar-refractivity contribution is 7.25. The standard InChI is InChI=1S/C63H41N3OS/c1-38-27-33-52(44-32-34-57-51(36-44)46-20-11-14-26-56(46)68-57)64-63(65-60(38)41-30-28-40(29-31-41)39-15-3-2-4-16-39)59-47-21-7-8-22-48(47)61(62-58(59)49-23-10-13-25-55(49)67-62)66-53-24-12-9-19-45(53)50-35-42-17-5-6-18-43(42)37-54(50)66/h2-26,28-38H,27H2,1H3/b52-33+,64-63-,65-60+. The zero-order valence-electron chi connectivity index (χ0n) is 37.1. The Morgan fingerprint density at radius 1 is 0.485 bits per heavy atom. The molecule has 0 amide bonds. The number of aromatic nitrogens is 1. The normalized spacial score (nSPS) is 16.9. The molecule has 0 fully saturated rings. The topological polar surface area (TPSA) is 42.8 Å². The van der Waals surface area contributed by atoms with Gasteiger partial charge in [-0.15, -0.1) is 11.3 Å². The van der Waals surface area contributed by atoms with E-state index < -0.39 is 0 Å². The summed E-state index contributed by atoms with van der Waals surface area (Å²) in [6, 6.07) is 74.3. The molecular weight excluding hydrogens is 847 g/mol. The van der Waals surface area contributed by atoms with E-state index in [-0.39, 0.29) is 5.92 Å². The minimum Gasteiger partial charge on any atom is -0.454 e. The summed E-state index contributed by atoms with van der Waals surface area (Å²) in [6.45, 7) is 2.30. The van der Waals surface area contributed by atoms with Gasteiger partial charge in [-0.05, 0) is 81.7 Å². The molecule has 320 valence electrons. The van der Waals surface area contributed by atoms with Gasteiger partial charge in [-0.3, -0.25) is 0 Å². The second-order valence-corrected chi connectivity index (χ2v) is 19.1. The minimum absolute atomic E-state index is 0.0818. The largest absolute Gasteiger partial charge is 0.454 e. The van der Waals surface area contributed by atoms with Gasteiger partial charge in [-0.2, -0.15) is 0 Å². The van der Waals surface area contributed by atoms with Crippen molar-refractivity contribution in [1.29, 1.82) is 0 Å². The van der Waals surface area contributed by atoms with E-state index in [1.165, 1.54) is 52.8 Å². The van der Waals surface area contributed by atoms with Crippen molar-refractivity contribution in [3.63, 3.8) is 0 Å². The van der Waals surface area contributed by atoms with Gasteiger partial charge in [0.05, 0.1) is 28.1 Å². The van der Waals surface area contributed by atoms with Crippen LogP contribution < -0.4 is 0 Å². The molecule has 0 radical (unpaired) electrons. The van der Waals surface area contributed by atoms with Crippen LogP contribution in [0.2, 0.25) is 0 Å². The molecule has 4 nitrogen and oxygen atoms in total. The number of para-hydroxylation sites is 2. The lowest BCUT2D eigenvalue weighted by Crippen LogP contribution is -2.17. The highest BCUT2D eigenvalue weighted by Crippen LogP contribution is 2.46. The number of aliphatic imine (C=N–C) groups is 2. The first-order valence-electron chi connectivity index (χ1n) is 23.4. The van der Waals surface area contributed by atoms with Crippen LogP contribution in [-0.2, 0) is 0 Å².